The number of ether oxygens (including phenoxy) is 1. The monoisotopic (exact) mass is 331 g/mol. The number of piperazine rings is 1. The summed E-state index contributed by atoms with van der Waals surface area (Å²) < 4.78 is 5.27. The number of amides is 2. The van der Waals surface area contributed by atoms with Crippen LogP contribution in [-0.4, -0.2) is 60.9 Å². The molecule has 1 atom stereocenters. The van der Waals surface area contributed by atoms with Gasteiger partial charge in [-0.15, -0.1) is 0 Å². The van der Waals surface area contributed by atoms with E-state index in [1.807, 2.05) is 36.1 Å². The molecule has 1 saturated carbocycles. The molecule has 3 rings (SSSR count). The molecule has 1 saturated heterocycles. The number of nitrogens with one attached hydrogen (secondary N) is 1. The number of carbonyl (C=O) groups excluding carboxylic acids is 2. The van der Waals surface area contributed by atoms with Crippen LogP contribution in [0.4, 0.5) is 5.69 Å². The summed E-state index contributed by atoms with van der Waals surface area (Å²) >= 11 is 0. The molecule has 0 bridgehead atoms. The van der Waals surface area contributed by atoms with Crippen molar-refractivity contribution >= 4 is 17.5 Å². The predicted octanol–water partition coefficient (Wildman–Crippen LogP) is 1.58. The summed E-state index contributed by atoms with van der Waals surface area (Å²) in [7, 11) is 1.59. The zero-order valence-corrected chi connectivity index (χ0v) is 14.3. The number of nitrogens with zero attached hydrogens (tertiary/aromatic N) is 2. The first kappa shape index (κ1) is 16.8. The van der Waals surface area contributed by atoms with Crippen molar-refractivity contribution in [2.75, 3.05) is 38.6 Å². The summed E-state index contributed by atoms with van der Waals surface area (Å²) in [6, 6.07) is 7.14. The van der Waals surface area contributed by atoms with Crippen molar-refractivity contribution < 1.29 is 14.3 Å². The highest BCUT2D eigenvalue weighted by Crippen LogP contribution is 2.31. The Bertz CT molecular complexity index is 607. The van der Waals surface area contributed by atoms with E-state index >= 15 is 0 Å². The van der Waals surface area contributed by atoms with E-state index in [4.69, 9.17) is 4.74 Å². The van der Waals surface area contributed by atoms with Gasteiger partial charge in [0.15, 0.2) is 0 Å². The van der Waals surface area contributed by atoms with Crippen LogP contribution < -0.4 is 10.1 Å². The minimum absolute atomic E-state index is 0.0542. The second-order valence-electron chi connectivity index (χ2n) is 6.50. The maximum absolute atomic E-state index is 12.5. The Morgan fingerprint density at radius 3 is 2.46 bits per heavy atom. The van der Waals surface area contributed by atoms with Gasteiger partial charge in [0.25, 0.3) is 0 Å². The lowest BCUT2D eigenvalue weighted by molar-refractivity contribution is -0.135. The number of hydrogen-bond donors (Lipinski definition) is 1. The molecule has 1 aromatic rings. The molecule has 1 aliphatic heterocycles. The van der Waals surface area contributed by atoms with Crippen LogP contribution in [0, 0.1) is 5.92 Å². The van der Waals surface area contributed by atoms with E-state index in [1.165, 1.54) is 0 Å². The minimum atomic E-state index is -0.243. The van der Waals surface area contributed by atoms with Crippen LogP contribution >= 0.6 is 0 Å². The lowest BCUT2D eigenvalue weighted by Crippen LogP contribution is -2.54. The second kappa shape index (κ2) is 7.21. The van der Waals surface area contributed by atoms with Gasteiger partial charge in [-0.1, -0.05) is 12.1 Å². The van der Waals surface area contributed by atoms with E-state index < -0.39 is 0 Å². The molecule has 0 spiro atoms. The fourth-order valence-corrected chi connectivity index (χ4v) is 3.07. The van der Waals surface area contributed by atoms with Gasteiger partial charge in [-0.3, -0.25) is 14.5 Å². The smallest absolute Gasteiger partial charge is 0.241 e. The molecular formula is C18H25N3O3. The Morgan fingerprint density at radius 2 is 1.83 bits per heavy atom. The Kier molecular flexibility index (Phi) is 5.04. The Hall–Kier alpha value is -2.08. The third kappa shape index (κ3) is 3.70. The van der Waals surface area contributed by atoms with E-state index in [-0.39, 0.29) is 17.9 Å². The fourth-order valence-electron chi connectivity index (χ4n) is 3.07. The minimum Gasteiger partial charge on any atom is -0.495 e. The van der Waals surface area contributed by atoms with Gasteiger partial charge in [0.05, 0.1) is 18.8 Å². The number of benzene rings is 1. The molecule has 0 radical (unpaired) electrons. The summed E-state index contributed by atoms with van der Waals surface area (Å²) in [4.78, 5) is 28.7. The number of anilines is 1. The predicted molar refractivity (Wildman–Crippen MR) is 92.0 cm³/mol. The zero-order chi connectivity index (χ0) is 17.1. The Labute approximate surface area is 142 Å². The second-order valence-corrected chi connectivity index (χ2v) is 6.50. The summed E-state index contributed by atoms with van der Waals surface area (Å²) in [6.45, 7) is 4.80. The Balaban J connectivity index is 1.53. The molecule has 2 fully saturated rings. The van der Waals surface area contributed by atoms with Crippen LogP contribution in [0.15, 0.2) is 24.3 Å². The quantitative estimate of drug-likeness (QED) is 0.890. The highest BCUT2D eigenvalue weighted by Gasteiger charge is 2.35. The molecule has 6 nitrogen and oxygen atoms in total. The van der Waals surface area contributed by atoms with E-state index in [9.17, 15) is 9.59 Å². The van der Waals surface area contributed by atoms with Crippen LogP contribution in [-0.2, 0) is 9.59 Å². The molecule has 1 aromatic carbocycles. The van der Waals surface area contributed by atoms with Crippen LogP contribution in [0.25, 0.3) is 0 Å². The topological polar surface area (TPSA) is 61.9 Å². The highest BCUT2D eigenvalue weighted by molar-refractivity contribution is 5.95. The summed E-state index contributed by atoms with van der Waals surface area (Å²) in [5, 5.41) is 2.93. The largest absolute Gasteiger partial charge is 0.495 e. The number of carbonyl (C=O) groups is 2. The number of para-hydroxylation sites is 2. The molecule has 1 aliphatic carbocycles. The molecule has 1 heterocycles. The van der Waals surface area contributed by atoms with Gasteiger partial charge in [-0.05, 0) is 31.9 Å². The van der Waals surface area contributed by atoms with Gasteiger partial charge in [0.2, 0.25) is 11.8 Å². The molecule has 0 aromatic heterocycles. The number of rotatable bonds is 5. The molecule has 130 valence electrons. The average Bonchev–Trinajstić information content (AvgIpc) is 3.46. The van der Waals surface area contributed by atoms with Crippen LogP contribution in [0.5, 0.6) is 5.75 Å². The van der Waals surface area contributed by atoms with Crippen molar-refractivity contribution in [1.29, 1.82) is 0 Å². The van der Waals surface area contributed by atoms with Gasteiger partial charge in [-0.25, -0.2) is 0 Å². The Morgan fingerprint density at radius 1 is 1.17 bits per heavy atom. The molecule has 1 N–H and O–H groups in total. The first-order valence-corrected chi connectivity index (χ1v) is 8.57. The standard InChI is InChI=1S/C18H25N3O3/c1-13(17(22)19-15-5-3-4-6-16(15)24-2)20-9-11-21(12-10-20)18(23)14-7-8-14/h3-6,13-14H,7-12H2,1-2H3,(H,19,22). The average molecular weight is 331 g/mol. The maximum atomic E-state index is 12.5. The van der Waals surface area contributed by atoms with E-state index in [1.54, 1.807) is 7.11 Å². The zero-order valence-electron chi connectivity index (χ0n) is 14.3. The van der Waals surface area contributed by atoms with Crippen LogP contribution in [0.1, 0.15) is 19.8 Å². The van der Waals surface area contributed by atoms with Crippen LogP contribution in [0.2, 0.25) is 0 Å². The molecule has 24 heavy (non-hydrogen) atoms. The normalized spacial score (nSPS) is 19.7. The highest BCUT2D eigenvalue weighted by atomic mass is 16.5. The van der Waals surface area contributed by atoms with Crippen molar-refractivity contribution in [2.24, 2.45) is 5.92 Å². The molecule has 6 heteroatoms. The summed E-state index contributed by atoms with van der Waals surface area (Å²) in [5.41, 5.74) is 0.680. The summed E-state index contributed by atoms with van der Waals surface area (Å²) in [5.74, 6) is 1.16. The fraction of sp³-hybridized carbons (Fsp3) is 0.556. The third-order valence-electron chi connectivity index (χ3n) is 4.84. The van der Waals surface area contributed by atoms with Crippen molar-refractivity contribution in [2.45, 2.75) is 25.8 Å². The van der Waals surface area contributed by atoms with Gasteiger partial charge in [0, 0.05) is 32.1 Å². The molecule has 2 aliphatic rings. The van der Waals surface area contributed by atoms with Crippen molar-refractivity contribution in [3.63, 3.8) is 0 Å². The first-order chi connectivity index (χ1) is 11.6. The molecular weight excluding hydrogens is 306 g/mol. The van der Waals surface area contributed by atoms with Crippen molar-refractivity contribution in [3.05, 3.63) is 24.3 Å². The lowest BCUT2D eigenvalue weighted by Gasteiger charge is -2.37. The number of methoxy groups -OCH3 is 1. The SMILES string of the molecule is COc1ccccc1NC(=O)C(C)N1CCN(C(=O)C2CC2)CC1. The third-order valence-corrected chi connectivity index (χ3v) is 4.84. The van der Waals surface area contributed by atoms with E-state index in [2.05, 4.69) is 10.2 Å². The van der Waals surface area contributed by atoms with Gasteiger partial charge >= 0.3 is 0 Å². The molecule has 1 unspecified atom stereocenters. The molecule has 2 amide bonds. The first-order valence-electron chi connectivity index (χ1n) is 8.57. The van der Waals surface area contributed by atoms with Gasteiger partial charge in [0.1, 0.15) is 5.75 Å². The summed E-state index contributed by atoms with van der Waals surface area (Å²) in [6.07, 6.45) is 2.08. The maximum Gasteiger partial charge on any atom is 0.241 e. The number of hydrogen-bond acceptors (Lipinski definition) is 4. The van der Waals surface area contributed by atoms with Crippen molar-refractivity contribution in [1.82, 2.24) is 9.80 Å². The van der Waals surface area contributed by atoms with Crippen molar-refractivity contribution in [3.8, 4) is 5.75 Å². The van der Waals surface area contributed by atoms with Crippen LogP contribution in [0.3, 0.4) is 0 Å². The van der Waals surface area contributed by atoms with Gasteiger partial charge in [-0.2, -0.15) is 0 Å². The van der Waals surface area contributed by atoms with E-state index in [0.29, 0.717) is 30.4 Å². The van der Waals surface area contributed by atoms with E-state index in [0.717, 1.165) is 25.9 Å². The van der Waals surface area contributed by atoms with Gasteiger partial charge < -0.3 is 15.0 Å². The lowest BCUT2D eigenvalue weighted by atomic mass is 10.2.